The summed E-state index contributed by atoms with van der Waals surface area (Å²) in [4.78, 5) is 11.6. The maximum absolute atomic E-state index is 11.0. The molecule has 0 spiro atoms. The maximum Gasteiger partial charge on any atom is 0.225 e. The molecule has 1 fully saturated rings. The van der Waals surface area contributed by atoms with Gasteiger partial charge in [-0.05, 0) is 65.6 Å². The number of nitrogens with one attached hydrogen (secondary N) is 2. The fourth-order valence-corrected chi connectivity index (χ4v) is 5.81. The Morgan fingerprint density at radius 3 is 2.39 bits per heavy atom. The second-order valence-corrected chi connectivity index (χ2v) is 10.2. The summed E-state index contributed by atoms with van der Waals surface area (Å²) in [6, 6.07) is 23.6. The molecule has 1 heterocycles. The Morgan fingerprint density at radius 2 is 1.56 bits per heavy atom. The van der Waals surface area contributed by atoms with Crippen molar-refractivity contribution in [2.45, 2.75) is 50.4 Å². The highest BCUT2D eigenvalue weighted by Crippen LogP contribution is 2.44. The second kappa shape index (κ2) is 9.52. The van der Waals surface area contributed by atoms with Gasteiger partial charge in [-0.25, -0.2) is 4.98 Å². The van der Waals surface area contributed by atoms with Gasteiger partial charge in [0.15, 0.2) is 0 Å². The van der Waals surface area contributed by atoms with Crippen LogP contribution in [0.1, 0.15) is 48.5 Å². The zero-order chi connectivity index (χ0) is 24.6. The van der Waals surface area contributed by atoms with E-state index in [1.807, 2.05) is 55.4 Å². The topological polar surface area (TPSA) is 73.3 Å². The van der Waals surface area contributed by atoms with Gasteiger partial charge >= 0.3 is 0 Å². The van der Waals surface area contributed by atoms with E-state index in [2.05, 4.69) is 41.0 Å². The summed E-state index contributed by atoms with van der Waals surface area (Å²) in [5.74, 6) is 1.65. The van der Waals surface area contributed by atoms with Crippen LogP contribution in [0.3, 0.4) is 0 Å². The lowest BCUT2D eigenvalue weighted by atomic mass is 9.91. The van der Waals surface area contributed by atoms with Crippen LogP contribution in [0.5, 0.6) is 0 Å². The first-order valence-corrected chi connectivity index (χ1v) is 12.9. The summed E-state index contributed by atoms with van der Waals surface area (Å²) in [6.07, 6.45) is 3.81. The van der Waals surface area contributed by atoms with Crippen molar-refractivity contribution >= 4 is 22.7 Å². The summed E-state index contributed by atoms with van der Waals surface area (Å²) in [5.41, 5.74) is 6.55. The van der Waals surface area contributed by atoms with E-state index in [-0.39, 0.29) is 0 Å². The highest BCUT2D eigenvalue weighted by molar-refractivity contribution is 5.90. The molecule has 0 amide bonds. The molecule has 6 rings (SSSR count). The Balaban J connectivity index is 1.09. The van der Waals surface area contributed by atoms with Gasteiger partial charge in [-0.1, -0.05) is 54.6 Å². The van der Waals surface area contributed by atoms with E-state index in [0.29, 0.717) is 18.0 Å². The van der Waals surface area contributed by atoms with Gasteiger partial charge < -0.3 is 20.6 Å². The standard InChI is InChI=1S/C30H33N5O/c1-35(2)29-25-11-5-6-13-26(25)33-30(34-29)32-21-16-14-20(15-17-21)31-18-19-8-7-12-23-22-9-3-4-10-24(22)28(36)27(19)23/h3-13,20-21,28,31,36H,14-18H2,1-2H3,(H,32,33,34)/t20-,21+,28?. The summed E-state index contributed by atoms with van der Waals surface area (Å²) in [6.45, 7) is 0.775. The van der Waals surface area contributed by atoms with Crippen molar-refractivity contribution in [2.75, 3.05) is 24.3 Å². The van der Waals surface area contributed by atoms with E-state index in [9.17, 15) is 5.11 Å². The smallest absolute Gasteiger partial charge is 0.225 e. The highest BCUT2D eigenvalue weighted by Gasteiger charge is 2.29. The van der Waals surface area contributed by atoms with E-state index in [1.165, 1.54) is 5.56 Å². The van der Waals surface area contributed by atoms with E-state index in [4.69, 9.17) is 9.97 Å². The molecule has 6 nitrogen and oxygen atoms in total. The molecule has 3 aromatic carbocycles. The van der Waals surface area contributed by atoms with Crippen molar-refractivity contribution in [3.05, 3.63) is 83.4 Å². The molecule has 1 atom stereocenters. The van der Waals surface area contributed by atoms with Gasteiger partial charge in [-0.3, -0.25) is 0 Å². The molecule has 0 radical (unpaired) electrons. The van der Waals surface area contributed by atoms with Crippen LogP contribution in [-0.2, 0) is 6.54 Å². The molecule has 0 saturated heterocycles. The van der Waals surface area contributed by atoms with Crippen molar-refractivity contribution < 1.29 is 5.11 Å². The summed E-state index contributed by atoms with van der Waals surface area (Å²) in [5, 5.41) is 19.4. The van der Waals surface area contributed by atoms with Crippen LogP contribution in [0.15, 0.2) is 66.7 Å². The van der Waals surface area contributed by atoms with Gasteiger partial charge in [0, 0.05) is 38.1 Å². The predicted octanol–water partition coefficient (Wildman–Crippen LogP) is 5.27. The fourth-order valence-electron chi connectivity index (χ4n) is 5.81. The van der Waals surface area contributed by atoms with E-state index in [0.717, 1.165) is 71.2 Å². The first-order chi connectivity index (χ1) is 17.6. The first-order valence-electron chi connectivity index (χ1n) is 12.9. The molecule has 2 aliphatic rings. The van der Waals surface area contributed by atoms with Crippen LogP contribution in [0.25, 0.3) is 22.0 Å². The van der Waals surface area contributed by atoms with Crippen molar-refractivity contribution in [3.63, 3.8) is 0 Å². The average molecular weight is 480 g/mol. The molecule has 184 valence electrons. The Kier molecular flexibility index (Phi) is 6.07. The normalized spacial score (nSPS) is 20.7. The quantitative estimate of drug-likeness (QED) is 0.350. The number of fused-ring (bicyclic) bond motifs is 4. The Morgan fingerprint density at radius 1 is 0.833 bits per heavy atom. The van der Waals surface area contributed by atoms with E-state index in [1.54, 1.807) is 0 Å². The average Bonchev–Trinajstić information content (AvgIpc) is 3.20. The first kappa shape index (κ1) is 23.0. The highest BCUT2D eigenvalue weighted by atomic mass is 16.3. The van der Waals surface area contributed by atoms with Crippen LogP contribution in [0.4, 0.5) is 11.8 Å². The molecule has 0 aliphatic heterocycles. The minimum atomic E-state index is -0.539. The maximum atomic E-state index is 11.0. The largest absolute Gasteiger partial charge is 0.384 e. The summed E-state index contributed by atoms with van der Waals surface area (Å²) in [7, 11) is 4.05. The molecule has 1 unspecified atom stereocenters. The lowest BCUT2D eigenvalue weighted by molar-refractivity contribution is 0.223. The van der Waals surface area contributed by atoms with Crippen LogP contribution >= 0.6 is 0 Å². The molecule has 4 aromatic rings. The number of hydrogen-bond donors (Lipinski definition) is 3. The van der Waals surface area contributed by atoms with Crippen molar-refractivity contribution in [2.24, 2.45) is 0 Å². The molecule has 36 heavy (non-hydrogen) atoms. The molecular weight excluding hydrogens is 446 g/mol. The predicted molar refractivity (Wildman–Crippen MR) is 146 cm³/mol. The number of para-hydroxylation sites is 1. The van der Waals surface area contributed by atoms with Crippen LogP contribution in [0, 0.1) is 0 Å². The van der Waals surface area contributed by atoms with Crippen molar-refractivity contribution in [3.8, 4) is 11.1 Å². The lowest BCUT2D eigenvalue weighted by Crippen LogP contribution is -2.37. The third-order valence-electron chi connectivity index (χ3n) is 7.66. The Hall–Kier alpha value is -3.48. The summed E-state index contributed by atoms with van der Waals surface area (Å²) < 4.78 is 0. The number of anilines is 2. The Bertz CT molecular complexity index is 1390. The third-order valence-corrected chi connectivity index (χ3v) is 7.66. The number of rotatable bonds is 6. The Labute approximate surface area is 212 Å². The van der Waals surface area contributed by atoms with Gasteiger partial charge in [-0.15, -0.1) is 0 Å². The van der Waals surface area contributed by atoms with E-state index < -0.39 is 6.10 Å². The molecule has 1 saturated carbocycles. The molecule has 2 aliphatic carbocycles. The lowest BCUT2D eigenvalue weighted by Gasteiger charge is -2.30. The monoisotopic (exact) mass is 479 g/mol. The molecule has 1 aromatic heterocycles. The van der Waals surface area contributed by atoms with Crippen LogP contribution in [-0.4, -0.2) is 41.3 Å². The number of benzene rings is 3. The van der Waals surface area contributed by atoms with Gasteiger partial charge in [0.2, 0.25) is 5.95 Å². The van der Waals surface area contributed by atoms with Crippen LogP contribution in [0.2, 0.25) is 0 Å². The number of hydrogen-bond acceptors (Lipinski definition) is 6. The molecule has 3 N–H and O–H groups in total. The van der Waals surface area contributed by atoms with Crippen LogP contribution < -0.4 is 15.5 Å². The second-order valence-electron chi connectivity index (χ2n) is 10.2. The van der Waals surface area contributed by atoms with Gasteiger partial charge in [-0.2, -0.15) is 4.98 Å². The number of aliphatic hydroxyl groups is 1. The third kappa shape index (κ3) is 4.21. The molecule has 0 bridgehead atoms. The van der Waals surface area contributed by atoms with Gasteiger partial charge in [0.1, 0.15) is 11.9 Å². The van der Waals surface area contributed by atoms with E-state index >= 15 is 0 Å². The van der Waals surface area contributed by atoms with Crippen molar-refractivity contribution in [1.82, 2.24) is 15.3 Å². The number of nitrogens with zero attached hydrogens (tertiary/aromatic N) is 3. The zero-order valence-corrected chi connectivity index (χ0v) is 20.9. The number of aromatic nitrogens is 2. The number of aliphatic hydroxyl groups excluding tert-OH is 1. The zero-order valence-electron chi connectivity index (χ0n) is 20.9. The van der Waals surface area contributed by atoms with Gasteiger partial charge in [0.05, 0.1) is 5.52 Å². The molecular formula is C30H33N5O. The molecule has 6 heteroatoms. The van der Waals surface area contributed by atoms with Crippen molar-refractivity contribution in [1.29, 1.82) is 0 Å². The fraction of sp³-hybridized carbons (Fsp3) is 0.333. The minimum absolute atomic E-state index is 0.372. The SMILES string of the molecule is CN(C)c1nc(N[C@H]2CC[C@@H](NCc3cccc4c3C(O)c3ccccc3-4)CC2)nc2ccccc12. The van der Waals surface area contributed by atoms with Gasteiger partial charge in [0.25, 0.3) is 0 Å². The summed E-state index contributed by atoms with van der Waals surface area (Å²) >= 11 is 0. The minimum Gasteiger partial charge on any atom is -0.384 e.